The normalized spacial score (nSPS) is 13.3. The summed E-state index contributed by atoms with van der Waals surface area (Å²) in [5.41, 5.74) is 6.37. The topological polar surface area (TPSA) is 43.8 Å². The first-order valence-corrected chi connectivity index (χ1v) is 5.15. The molecule has 2 N–H and O–H groups in total. The van der Waals surface area contributed by atoms with Gasteiger partial charge in [-0.2, -0.15) is 0 Å². The van der Waals surface area contributed by atoms with Gasteiger partial charge in [-0.05, 0) is 13.8 Å². The minimum Gasteiger partial charge on any atom is -0.325 e. The zero-order valence-electron chi connectivity index (χ0n) is 9.17. The number of hydrogen-bond acceptors (Lipinski definition) is 2. The van der Waals surface area contributed by atoms with Gasteiger partial charge in [-0.25, -0.2) is 13.8 Å². The Morgan fingerprint density at radius 2 is 2.12 bits per heavy atom. The van der Waals surface area contributed by atoms with E-state index in [-0.39, 0.29) is 6.04 Å². The number of nitrogens with two attached hydrogens (primary N) is 1. The number of rotatable bonds is 2. The number of nitrogens with zero attached hydrogens (tertiary/aromatic N) is 2. The molecule has 1 heterocycles. The molecule has 0 radical (unpaired) electrons. The summed E-state index contributed by atoms with van der Waals surface area (Å²) in [5.74, 6) is -0.653. The Balaban J connectivity index is 2.82. The Bertz CT molecular complexity index is 531. The second-order valence-corrected chi connectivity index (χ2v) is 3.76. The van der Waals surface area contributed by atoms with Gasteiger partial charge in [-0.15, -0.1) is 0 Å². The lowest BCUT2D eigenvalue weighted by Gasteiger charge is -2.08. The number of fused-ring (bicyclic) bond motifs is 1. The molecule has 1 aromatic carbocycles. The first kappa shape index (κ1) is 11.0. The van der Waals surface area contributed by atoms with E-state index >= 15 is 0 Å². The van der Waals surface area contributed by atoms with Gasteiger partial charge in [0.25, 0.3) is 0 Å². The average Bonchev–Trinajstić information content (AvgIpc) is 2.56. The van der Waals surface area contributed by atoms with Crippen LogP contribution < -0.4 is 5.73 Å². The average molecular weight is 225 g/mol. The van der Waals surface area contributed by atoms with Crippen molar-refractivity contribution in [1.82, 2.24) is 9.55 Å². The molecule has 2 aromatic rings. The molecule has 3 nitrogen and oxygen atoms in total. The molecule has 0 aliphatic rings. The van der Waals surface area contributed by atoms with Crippen LogP contribution in [-0.4, -0.2) is 9.55 Å². The third-order valence-electron chi connectivity index (χ3n) is 2.51. The predicted molar refractivity (Wildman–Crippen MR) is 57.9 cm³/mol. The molecule has 0 bridgehead atoms. The fraction of sp³-hybridized carbons (Fsp3) is 0.364. The highest BCUT2D eigenvalue weighted by molar-refractivity contribution is 5.77. The van der Waals surface area contributed by atoms with E-state index in [1.54, 1.807) is 11.5 Å². The van der Waals surface area contributed by atoms with Crippen LogP contribution in [0.5, 0.6) is 0 Å². The second kappa shape index (κ2) is 3.83. The first-order chi connectivity index (χ1) is 7.54. The second-order valence-electron chi connectivity index (χ2n) is 3.76. The van der Waals surface area contributed by atoms with Crippen molar-refractivity contribution in [2.75, 3.05) is 0 Å². The van der Waals surface area contributed by atoms with Crippen LogP contribution in [-0.2, 0) is 6.54 Å². The molecule has 16 heavy (non-hydrogen) atoms. The van der Waals surface area contributed by atoms with Crippen LogP contribution in [0.4, 0.5) is 8.78 Å². The Hall–Kier alpha value is -1.49. The highest BCUT2D eigenvalue weighted by atomic mass is 19.1. The van der Waals surface area contributed by atoms with Crippen LogP contribution in [0.3, 0.4) is 0 Å². The molecular formula is C11H13F2N3. The number of aromatic nitrogens is 2. The maximum absolute atomic E-state index is 13.6. The SMILES string of the molecule is CCn1c([C@@H](C)N)nc2cc(F)cc(F)c21. The van der Waals surface area contributed by atoms with E-state index < -0.39 is 11.6 Å². The van der Waals surface area contributed by atoms with E-state index in [0.717, 1.165) is 6.07 Å². The molecule has 0 aliphatic heterocycles. The minimum atomic E-state index is -0.623. The fourth-order valence-corrected chi connectivity index (χ4v) is 1.87. The monoisotopic (exact) mass is 225 g/mol. The molecule has 0 amide bonds. The van der Waals surface area contributed by atoms with Gasteiger partial charge in [0.2, 0.25) is 0 Å². The number of benzene rings is 1. The summed E-state index contributed by atoms with van der Waals surface area (Å²) in [5, 5.41) is 0. The van der Waals surface area contributed by atoms with E-state index in [9.17, 15) is 8.78 Å². The van der Waals surface area contributed by atoms with Gasteiger partial charge >= 0.3 is 0 Å². The van der Waals surface area contributed by atoms with Crippen LogP contribution in [0.15, 0.2) is 12.1 Å². The summed E-state index contributed by atoms with van der Waals surface area (Å²) in [7, 11) is 0. The van der Waals surface area contributed by atoms with Crippen molar-refractivity contribution in [2.45, 2.75) is 26.4 Å². The van der Waals surface area contributed by atoms with Gasteiger partial charge in [-0.3, -0.25) is 0 Å². The van der Waals surface area contributed by atoms with Crippen molar-refractivity contribution < 1.29 is 8.78 Å². The van der Waals surface area contributed by atoms with Gasteiger partial charge in [0.05, 0.1) is 11.6 Å². The molecule has 0 aliphatic carbocycles. The van der Waals surface area contributed by atoms with E-state index in [4.69, 9.17) is 5.73 Å². The Labute approximate surface area is 91.9 Å². The summed E-state index contributed by atoms with van der Waals surface area (Å²) in [6.45, 7) is 4.19. The van der Waals surface area contributed by atoms with E-state index in [2.05, 4.69) is 4.98 Å². The third kappa shape index (κ3) is 1.57. The molecule has 0 fully saturated rings. The lowest BCUT2D eigenvalue weighted by molar-refractivity contribution is 0.582. The first-order valence-electron chi connectivity index (χ1n) is 5.15. The van der Waals surface area contributed by atoms with Crippen molar-refractivity contribution in [3.63, 3.8) is 0 Å². The molecule has 86 valence electrons. The smallest absolute Gasteiger partial charge is 0.152 e. The fourth-order valence-electron chi connectivity index (χ4n) is 1.87. The Morgan fingerprint density at radius 1 is 1.44 bits per heavy atom. The van der Waals surface area contributed by atoms with Crippen molar-refractivity contribution in [3.8, 4) is 0 Å². The maximum atomic E-state index is 13.6. The van der Waals surface area contributed by atoms with Crippen molar-refractivity contribution in [1.29, 1.82) is 0 Å². The summed E-state index contributed by atoms with van der Waals surface area (Å²) in [6, 6.07) is 1.77. The molecule has 2 rings (SSSR count). The molecule has 0 saturated carbocycles. The van der Waals surface area contributed by atoms with Gasteiger partial charge in [0.15, 0.2) is 5.82 Å². The van der Waals surface area contributed by atoms with E-state index in [1.165, 1.54) is 6.07 Å². The predicted octanol–water partition coefficient (Wildman–Crippen LogP) is 2.35. The van der Waals surface area contributed by atoms with E-state index in [0.29, 0.717) is 23.4 Å². The molecule has 0 spiro atoms. The number of imidazole rings is 1. The van der Waals surface area contributed by atoms with Crippen LogP contribution >= 0.6 is 0 Å². The molecule has 1 atom stereocenters. The zero-order valence-corrected chi connectivity index (χ0v) is 9.17. The summed E-state index contributed by atoms with van der Waals surface area (Å²) < 4.78 is 28.3. The number of hydrogen-bond donors (Lipinski definition) is 1. The van der Waals surface area contributed by atoms with Gasteiger partial charge in [-0.1, -0.05) is 0 Å². The molecule has 0 saturated heterocycles. The van der Waals surface area contributed by atoms with Crippen LogP contribution in [0.25, 0.3) is 11.0 Å². The van der Waals surface area contributed by atoms with Crippen molar-refractivity contribution >= 4 is 11.0 Å². The van der Waals surface area contributed by atoms with Gasteiger partial charge in [0.1, 0.15) is 17.2 Å². The zero-order chi connectivity index (χ0) is 11.9. The van der Waals surface area contributed by atoms with Crippen LogP contribution in [0.2, 0.25) is 0 Å². The lowest BCUT2D eigenvalue weighted by Crippen LogP contribution is -2.13. The minimum absolute atomic E-state index is 0.310. The number of aryl methyl sites for hydroxylation is 1. The van der Waals surface area contributed by atoms with Crippen molar-refractivity contribution in [3.05, 3.63) is 29.6 Å². The molecule has 1 aromatic heterocycles. The van der Waals surface area contributed by atoms with Crippen molar-refractivity contribution in [2.24, 2.45) is 5.73 Å². The summed E-state index contributed by atoms with van der Waals surface area (Å²) in [4.78, 5) is 4.16. The number of halogens is 2. The largest absolute Gasteiger partial charge is 0.325 e. The standard InChI is InChI=1S/C11H13F2N3/c1-3-16-10-8(13)4-7(12)5-9(10)15-11(16)6(2)14/h4-6H,3,14H2,1-2H3/t6-/m1/s1. The third-order valence-corrected chi connectivity index (χ3v) is 2.51. The summed E-state index contributed by atoms with van der Waals surface area (Å²) >= 11 is 0. The summed E-state index contributed by atoms with van der Waals surface area (Å²) in [6.07, 6.45) is 0. The lowest BCUT2D eigenvalue weighted by atomic mass is 10.3. The molecule has 5 heteroatoms. The van der Waals surface area contributed by atoms with E-state index in [1.807, 2.05) is 6.92 Å². The highest BCUT2D eigenvalue weighted by Gasteiger charge is 2.16. The van der Waals surface area contributed by atoms with Crippen LogP contribution in [0, 0.1) is 11.6 Å². The maximum Gasteiger partial charge on any atom is 0.152 e. The Kier molecular flexibility index (Phi) is 2.63. The quantitative estimate of drug-likeness (QED) is 0.852. The van der Waals surface area contributed by atoms with Gasteiger partial charge in [0, 0.05) is 18.7 Å². The van der Waals surface area contributed by atoms with Gasteiger partial charge < -0.3 is 10.3 Å². The highest BCUT2D eigenvalue weighted by Crippen LogP contribution is 2.23. The van der Waals surface area contributed by atoms with Crippen LogP contribution in [0.1, 0.15) is 25.7 Å². The molecular weight excluding hydrogens is 212 g/mol. The molecule has 0 unspecified atom stereocenters. The Morgan fingerprint density at radius 3 is 2.69 bits per heavy atom.